The lowest BCUT2D eigenvalue weighted by molar-refractivity contribution is -0.141. The van der Waals surface area contributed by atoms with E-state index in [1.807, 2.05) is 18.4 Å². The molecule has 2 aromatic heterocycles. The molecule has 1 amide bonds. The van der Waals surface area contributed by atoms with Crippen molar-refractivity contribution in [3.05, 3.63) is 41.5 Å². The van der Waals surface area contributed by atoms with Crippen LogP contribution in [0.2, 0.25) is 0 Å². The summed E-state index contributed by atoms with van der Waals surface area (Å²) in [5.74, 6) is 0.684. The summed E-state index contributed by atoms with van der Waals surface area (Å²) in [7, 11) is 0. The number of carbonyl (C=O) groups excluding carboxylic acids is 1. The minimum absolute atomic E-state index is 0.0606. The Bertz CT molecular complexity index is 742. The Kier molecular flexibility index (Phi) is 5.76. The monoisotopic (exact) mass is 355 g/mol. The summed E-state index contributed by atoms with van der Waals surface area (Å²) in [4.78, 5) is 23.6. The number of amides is 1. The molecular weight excluding hydrogens is 335 g/mol. The maximum absolute atomic E-state index is 12.7. The first-order chi connectivity index (χ1) is 11.7. The zero-order valence-electron chi connectivity index (χ0n) is 14.3. The molecule has 2 rings (SSSR count). The van der Waals surface area contributed by atoms with Crippen LogP contribution in [0.15, 0.2) is 18.5 Å². The minimum Gasteiger partial charge on any atom is -0.356 e. The lowest BCUT2D eigenvalue weighted by Crippen LogP contribution is -2.28. The number of alkyl halides is 3. The second kappa shape index (κ2) is 7.62. The lowest BCUT2D eigenvalue weighted by Gasteiger charge is -2.15. The van der Waals surface area contributed by atoms with Crippen LogP contribution in [0.5, 0.6) is 0 Å². The smallest absolute Gasteiger partial charge is 0.356 e. The number of halogens is 3. The molecule has 1 N–H and O–H groups in total. The van der Waals surface area contributed by atoms with E-state index in [0.29, 0.717) is 0 Å². The molecule has 0 spiro atoms. The van der Waals surface area contributed by atoms with Crippen molar-refractivity contribution in [3.8, 4) is 0 Å². The molecular formula is C16H20F3N5O. The quantitative estimate of drug-likeness (QED) is 0.865. The summed E-state index contributed by atoms with van der Waals surface area (Å²) in [6, 6.07) is 0.839. The third-order valence-corrected chi connectivity index (χ3v) is 3.68. The highest BCUT2D eigenvalue weighted by molar-refractivity contribution is 5.76. The average molecular weight is 355 g/mol. The average Bonchev–Trinajstić information content (AvgIpc) is 2.92. The Labute approximate surface area is 143 Å². The van der Waals surface area contributed by atoms with Crippen LogP contribution in [0.1, 0.15) is 42.4 Å². The van der Waals surface area contributed by atoms with E-state index in [1.54, 1.807) is 12.4 Å². The van der Waals surface area contributed by atoms with Gasteiger partial charge in [0, 0.05) is 43.5 Å². The van der Waals surface area contributed by atoms with Gasteiger partial charge in [-0.2, -0.15) is 13.2 Å². The molecule has 2 aromatic rings. The van der Waals surface area contributed by atoms with Crippen LogP contribution in [0.3, 0.4) is 0 Å². The Balaban J connectivity index is 1.87. The maximum atomic E-state index is 12.7. The topological polar surface area (TPSA) is 72.7 Å². The molecule has 0 aliphatic rings. The lowest BCUT2D eigenvalue weighted by atomic mass is 10.2. The van der Waals surface area contributed by atoms with Gasteiger partial charge in [-0.25, -0.2) is 15.0 Å². The Morgan fingerprint density at radius 2 is 2.04 bits per heavy atom. The van der Waals surface area contributed by atoms with Gasteiger partial charge in [0.15, 0.2) is 0 Å². The predicted octanol–water partition coefficient (Wildman–Crippen LogP) is 2.62. The van der Waals surface area contributed by atoms with Gasteiger partial charge in [0.05, 0.1) is 0 Å². The van der Waals surface area contributed by atoms with Crippen molar-refractivity contribution >= 4 is 5.91 Å². The van der Waals surface area contributed by atoms with Gasteiger partial charge >= 0.3 is 6.18 Å². The first-order valence-corrected chi connectivity index (χ1v) is 7.84. The SMILES string of the molecule is Cc1cc(C(F)(F)F)nc(CCNC(=O)CC(C)n2ccnc2C)n1. The molecule has 25 heavy (non-hydrogen) atoms. The summed E-state index contributed by atoms with van der Waals surface area (Å²) in [6.07, 6.45) is -0.665. The van der Waals surface area contributed by atoms with E-state index in [4.69, 9.17) is 0 Å². The van der Waals surface area contributed by atoms with Gasteiger partial charge in [0.25, 0.3) is 0 Å². The number of hydrogen-bond donors (Lipinski definition) is 1. The second-order valence-corrected chi connectivity index (χ2v) is 5.84. The highest BCUT2D eigenvalue weighted by atomic mass is 19.4. The molecule has 1 atom stereocenters. The minimum atomic E-state index is -4.51. The second-order valence-electron chi connectivity index (χ2n) is 5.84. The van der Waals surface area contributed by atoms with E-state index in [9.17, 15) is 18.0 Å². The summed E-state index contributed by atoms with van der Waals surface area (Å²) in [5, 5.41) is 2.69. The number of hydrogen-bond acceptors (Lipinski definition) is 4. The summed E-state index contributed by atoms with van der Waals surface area (Å²) in [5.41, 5.74) is -0.724. The van der Waals surface area contributed by atoms with Gasteiger partial charge in [-0.3, -0.25) is 4.79 Å². The standard InChI is InChI=1S/C16H20F3N5O/c1-10-8-13(16(17,18)19)23-14(22-10)4-5-21-15(25)9-11(2)24-7-6-20-12(24)3/h6-8,11H,4-5,9H2,1-3H3,(H,21,25). The number of nitrogens with zero attached hydrogens (tertiary/aromatic N) is 4. The van der Waals surface area contributed by atoms with Crippen LogP contribution < -0.4 is 5.32 Å². The normalized spacial score (nSPS) is 12.9. The van der Waals surface area contributed by atoms with Gasteiger partial charge < -0.3 is 9.88 Å². The van der Waals surface area contributed by atoms with Crippen LogP contribution in [-0.2, 0) is 17.4 Å². The molecule has 0 bridgehead atoms. The van der Waals surface area contributed by atoms with Crippen LogP contribution >= 0.6 is 0 Å². The molecule has 0 aliphatic heterocycles. The molecule has 0 aromatic carbocycles. The van der Waals surface area contributed by atoms with Crippen molar-refractivity contribution in [2.24, 2.45) is 0 Å². The molecule has 136 valence electrons. The fraction of sp³-hybridized carbons (Fsp3) is 0.500. The van der Waals surface area contributed by atoms with Gasteiger partial charge in [-0.05, 0) is 26.8 Å². The maximum Gasteiger partial charge on any atom is 0.433 e. The number of aryl methyl sites for hydroxylation is 2. The third-order valence-electron chi connectivity index (χ3n) is 3.68. The molecule has 9 heteroatoms. The molecule has 0 fully saturated rings. The van der Waals surface area contributed by atoms with Gasteiger partial charge in [0.2, 0.25) is 5.91 Å². The van der Waals surface area contributed by atoms with Crippen LogP contribution in [0.4, 0.5) is 13.2 Å². The molecule has 6 nitrogen and oxygen atoms in total. The van der Waals surface area contributed by atoms with Gasteiger partial charge in [0.1, 0.15) is 17.3 Å². The van der Waals surface area contributed by atoms with E-state index in [1.165, 1.54) is 6.92 Å². The van der Waals surface area contributed by atoms with Crippen LogP contribution in [0, 0.1) is 13.8 Å². The molecule has 0 aliphatic carbocycles. The van der Waals surface area contributed by atoms with Crippen molar-refractivity contribution in [2.45, 2.75) is 45.8 Å². The molecule has 0 saturated heterocycles. The number of nitrogens with one attached hydrogen (secondary N) is 1. The Morgan fingerprint density at radius 3 is 2.64 bits per heavy atom. The number of carbonyl (C=O) groups is 1. The Morgan fingerprint density at radius 1 is 1.32 bits per heavy atom. The fourth-order valence-corrected chi connectivity index (χ4v) is 2.49. The van der Waals surface area contributed by atoms with Crippen molar-refractivity contribution in [2.75, 3.05) is 6.54 Å². The van der Waals surface area contributed by atoms with Gasteiger partial charge in [-0.1, -0.05) is 0 Å². The van der Waals surface area contributed by atoms with Crippen molar-refractivity contribution in [1.29, 1.82) is 0 Å². The summed E-state index contributed by atoms with van der Waals surface area (Å²) < 4.78 is 40.1. The van der Waals surface area contributed by atoms with Crippen molar-refractivity contribution in [1.82, 2.24) is 24.8 Å². The molecule has 1 unspecified atom stereocenters. The first-order valence-electron chi connectivity index (χ1n) is 7.84. The highest BCUT2D eigenvalue weighted by Crippen LogP contribution is 2.27. The van der Waals surface area contributed by atoms with E-state index in [0.717, 1.165) is 11.9 Å². The fourth-order valence-electron chi connectivity index (χ4n) is 2.49. The number of imidazole rings is 1. The van der Waals surface area contributed by atoms with Crippen LogP contribution in [-0.4, -0.2) is 32.0 Å². The molecule has 0 saturated carbocycles. The zero-order valence-corrected chi connectivity index (χ0v) is 14.3. The molecule has 2 heterocycles. The molecule has 0 radical (unpaired) electrons. The first kappa shape index (κ1) is 18.9. The highest BCUT2D eigenvalue weighted by Gasteiger charge is 2.33. The number of rotatable bonds is 6. The Hall–Kier alpha value is -2.45. The van der Waals surface area contributed by atoms with Gasteiger partial charge in [-0.15, -0.1) is 0 Å². The van der Waals surface area contributed by atoms with Crippen molar-refractivity contribution in [3.63, 3.8) is 0 Å². The number of aromatic nitrogens is 4. The van der Waals surface area contributed by atoms with E-state index < -0.39 is 11.9 Å². The van der Waals surface area contributed by atoms with Crippen molar-refractivity contribution < 1.29 is 18.0 Å². The van der Waals surface area contributed by atoms with E-state index >= 15 is 0 Å². The van der Waals surface area contributed by atoms with Crippen LogP contribution in [0.25, 0.3) is 0 Å². The van der Waals surface area contributed by atoms with E-state index in [2.05, 4.69) is 20.3 Å². The third kappa shape index (κ3) is 5.27. The largest absolute Gasteiger partial charge is 0.433 e. The predicted molar refractivity (Wildman–Crippen MR) is 84.8 cm³/mol. The summed E-state index contributed by atoms with van der Waals surface area (Å²) in [6.45, 7) is 5.40. The zero-order chi connectivity index (χ0) is 18.6. The summed E-state index contributed by atoms with van der Waals surface area (Å²) >= 11 is 0. The van der Waals surface area contributed by atoms with E-state index in [-0.39, 0.29) is 42.9 Å².